The van der Waals surface area contributed by atoms with E-state index in [1.165, 1.54) is 0 Å². The van der Waals surface area contributed by atoms with Gasteiger partial charge in [-0.25, -0.2) is 0 Å². The van der Waals surface area contributed by atoms with E-state index >= 15 is 0 Å². The minimum Gasteiger partial charge on any atom is -0.496 e. The number of nitrogens with zero attached hydrogens (tertiary/aromatic N) is 1. The third-order valence-electron chi connectivity index (χ3n) is 4.55. The molecule has 3 rings (SSSR count). The third kappa shape index (κ3) is 4.11. The first kappa shape index (κ1) is 18.5. The number of aryl methyl sites for hydroxylation is 1. The summed E-state index contributed by atoms with van der Waals surface area (Å²) < 4.78 is 11.1. The number of carbonyl (C=O) groups excluding carboxylic acids is 1. The number of hydrogen-bond acceptors (Lipinski definition) is 4. The summed E-state index contributed by atoms with van der Waals surface area (Å²) in [7, 11) is 1.60. The molecule has 1 amide bonds. The van der Waals surface area contributed by atoms with Crippen molar-refractivity contribution in [2.45, 2.75) is 25.6 Å². The van der Waals surface area contributed by atoms with E-state index in [1.54, 1.807) is 48.4 Å². The summed E-state index contributed by atoms with van der Waals surface area (Å²) in [6, 6.07) is 12.4. The molecule has 2 aromatic carbocycles. The molecule has 1 aliphatic heterocycles. The second-order valence-electron chi connectivity index (χ2n) is 6.40. The van der Waals surface area contributed by atoms with Crippen molar-refractivity contribution in [2.75, 3.05) is 20.2 Å². The average molecular weight is 376 g/mol. The molecule has 0 unspecified atom stereocenters. The second-order valence-corrected chi connectivity index (χ2v) is 6.84. The van der Waals surface area contributed by atoms with E-state index in [1.807, 2.05) is 13.0 Å². The van der Waals surface area contributed by atoms with Gasteiger partial charge in [0.05, 0.1) is 13.7 Å². The number of aliphatic hydroxyl groups is 1. The van der Waals surface area contributed by atoms with E-state index in [4.69, 9.17) is 21.1 Å². The van der Waals surface area contributed by atoms with Crippen LogP contribution < -0.4 is 9.47 Å². The molecule has 0 aliphatic carbocycles. The van der Waals surface area contributed by atoms with Crippen LogP contribution in [0.3, 0.4) is 0 Å². The maximum Gasteiger partial charge on any atom is 0.253 e. The van der Waals surface area contributed by atoms with Crippen molar-refractivity contribution in [1.29, 1.82) is 0 Å². The molecule has 2 atom stereocenters. The first-order chi connectivity index (χ1) is 12.5. The number of β-amino-alcohol motifs (C(OH)–C–C–N with tert-alkyl or cyclic N) is 1. The largest absolute Gasteiger partial charge is 0.496 e. The number of hydrogen-bond donors (Lipinski definition) is 1. The molecule has 1 heterocycles. The monoisotopic (exact) mass is 375 g/mol. The van der Waals surface area contributed by atoms with E-state index in [-0.39, 0.29) is 18.6 Å². The Labute approximate surface area is 158 Å². The SMILES string of the molecule is COc1ccc(C(=O)N2CC[C@@H](Oc3ccc(Cl)cc3)[C@H](O)C2)cc1C. The zero-order chi connectivity index (χ0) is 18.7. The Bertz CT molecular complexity index is 778. The summed E-state index contributed by atoms with van der Waals surface area (Å²) in [4.78, 5) is 14.4. The zero-order valence-corrected chi connectivity index (χ0v) is 15.6. The lowest BCUT2D eigenvalue weighted by molar-refractivity contribution is -0.0198. The van der Waals surface area contributed by atoms with E-state index < -0.39 is 6.10 Å². The molecule has 1 fully saturated rings. The molecule has 2 aromatic rings. The summed E-state index contributed by atoms with van der Waals surface area (Å²) in [6.07, 6.45) is -0.537. The highest BCUT2D eigenvalue weighted by Gasteiger charge is 2.32. The average Bonchev–Trinajstić information content (AvgIpc) is 2.64. The molecule has 138 valence electrons. The van der Waals surface area contributed by atoms with Crippen LogP contribution in [0.25, 0.3) is 0 Å². The van der Waals surface area contributed by atoms with Gasteiger partial charge in [-0.2, -0.15) is 0 Å². The van der Waals surface area contributed by atoms with Crippen LogP contribution in [0.4, 0.5) is 0 Å². The zero-order valence-electron chi connectivity index (χ0n) is 14.8. The fraction of sp³-hybridized carbons (Fsp3) is 0.350. The Morgan fingerprint density at radius 1 is 1.23 bits per heavy atom. The number of amides is 1. The predicted octanol–water partition coefficient (Wildman–Crippen LogP) is 3.31. The summed E-state index contributed by atoms with van der Waals surface area (Å²) in [5, 5.41) is 11.1. The molecule has 0 radical (unpaired) electrons. The van der Waals surface area contributed by atoms with Crippen molar-refractivity contribution in [2.24, 2.45) is 0 Å². The molecule has 0 aromatic heterocycles. The normalized spacial score (nSPS) is 19.9. The van der Waals surface area contributed by atoms with Gasteiger partial charge in [-0.3, -0.25) is 4.79 Å². The van der Waals surface area contributed by atoms with E-state index in [0.717, 1.165) is 11.3 Å². The smallest absolute Gasteiger partial charge is 0.253 e. The van der Waals surface area contributed by atoms with Crippen LogP contribution in [0, 0.1) is 6.92 Å². The van der Waals surface area contributed by atoms with Crippen LogP contribution >= 0.6 is 11.6 Å². The van der Waals surface area contributed by atoms with Crippen LogP contribution in [-0.2, 0) is 0 Å². The number of likely N-dealkylation sites (tertiary alicyclic amines) is 1. The van der Waals surface area contributed by atoms with Crippen LogP contribution in [0.1, 0.15) is 22.3 Å². The summed E-state index contributed by atoms with van der Waals surface area (Å²) in [6.45, 7) is 2.66. The molecule has 26 heavy (non-hydrogen) atoms. The van der Waals surface area contributed by atoms with E-state index in [2.05, 4.69) is 0 Å². The van der Waals surface area contributed by atoms with Crippen molar-refractivity contribution in [1.82, 2.24) is 4.90 Å². The molecule has 0 bridgehead atoms. The number of ether oxygens (including phenoxy) is 2. The Morgan fingerprint density at radius 3 is 2.58 bits per heavy atom. The summed E-state index contributed by atoms with van der Waals surface area (Å²) >= 11 is 5.87. The second kappa shape index (κ2) is 7.98. The van der Waals surface area contributed by atoms with Crippen molar-refractivity contribution in [3.63, 3.8) is 0 Å². The lowest BCUT2D eigenvalue weighted by Crippen LogP contribution is -2.51. The van der Waals surface area contributed by atoms with Gasteiger partial charge in [0.1, 0.15) is 23.7 Å². The maximum absolute atomic E-state index is 12.7. The minimum absolute atomic E-state index is 0.0975. The highest BCUT2D eigenvalue weighted by molar-refractivity contribution is 6.30. The Morgan fingerprint density at radius 2 is 1.96 bits per heavy atom. The van der Waals surface area contributed by atoms with Crippen molar-refractivity contribution in [3.05, 3.63) is 58.6 Å². The standard InChI is InChI=1S/C20H22ClNO4/c1-13-11-14(3-8-18(13)25-2)20(24)22-10-9-19(17(23)12-22)26-16-6-4-15(21)5-7-16/h3-8,11,17,19,23H,9-10,12H2,1-2H3/t17-,19-/m1/s1. The molecular weight excluding hydrogens is 354 g/mol. The number of piperidine rings is 1. The quantitative estimate of drug-likeness (QED) is 0.890. The molecule has 0 spiro atoms. The number of rotatable bonds is 4. The lowest BCUT2D eigenvalue weighted by atomic mass is 10.0. The molecule has 5 nitrogen and oxygen atoms in total. The molecular formula is C20H22ClNO4. The number of aliphatic hydroxyl groups excluding tert-OH is 1. The predicted molar refractivity (Wildman–Crippen MR) is 100 cm³/mol. The molecule has 1 saturated heterocycles. The van der Waals surface area contributed by atoms with Gasteiger partial charge >= 0.3 is 0 Å². The number of methoxy groups -OCH3 is 1. The van der Waals surface area contributed by atoms with Gasteiger partial charge in [0.2, 0.25) is 0 Å². The van der Waals surface area contributed by atoms with Gasteiger partial charge in [0.15, 0.2) is 0 Å². The summed E-state index contributed by atoms with van der Waals surface area (Å²) in [5.41, 5.74) is 1.49. The van der Waals surface area contributed by atoms with Gasteiger partial charge < -0.3 is 19.5 Å². The van der Waals surface area contributed by atoms with Gasteiger partial charge in [-0.05, 0) is 55.0 Å². The van der Waals surface area contributed by atoms with Crippen molar-refractivity contribution < 1.29 is 19.4 Å². The van der Waals surface area contributed by atoms with Crippen LogP contribution in [0.5, 0.6) is 11.5 Å². The maximum atomic E-state index is 12.7. The number of benzene rings is 2. The first-order valence-electron chi connectivity index (χ1n) is 8.52. The van der Waals surface area contributed by atoms with E-state index in [0.29, 0.717) is 29.3 Å². The fourth-order valence-corrected chi connectivity index (χ4v) is 3.24. The minimum atomic E-state index is -0.747. The first-order valence-corrected chi connectivity index (χ1v) is 8.90. The van der Waals surface area contributed by atoms with Crippen LogP contribution in [-0.4, -0.2) is 48.3 Å². The molecule has 0 saturated carbocycles. The molecule has 1 aliphatic rings. The van der Waals surface area contributed by atoms with Crippen molar-refractivity contribution in [3.8, 4) is 11.5 Å². The van der Waals surface area contributed by atoms with Gasteiger partial charge in [0, 0.05) is 23.6 Å². The Kier molecular flexibility index (Phi) is 5.69. The lowest BCUT2D eigenvalue weighted by Gasteiger charge is -2.36. The van der Waals surface area contributed by atoms with Gasteiger partial charge in [0.25, 0.3) is 5.91 Å². The van der Waals surface area contributed by atoms with Crippen LogP contribution in [0.2, 0.25) is 5.02 Å². The third-order valence-corrected chi connectivity index (χ3v) is 4.80. The number of halogens is 1. The molecule has 6 heteroatoms. The number of carbonyl (C=O) groups is 1. The topological polar surface area (TPSA) is 59.0 Å². The Balaban J connectivity index is 1.63. The van der Waals surface area contributed by atoms with E-state index in [9.17, 15) is 9.90 Å². The van der Waals surface area contributed by atoms with Crippen LogP contribution in [0.15, 0.2) is 42.5 Å². The summed E-state index contributed by atoms with van der Waals surface area (Å²) in [5.74, 6) is 1.31. The van der Waals surface area contributed by atoms with Crippen molar-refractivity contribution >= 4 is 17.5 Å². The fourth-order valence-electron chi connectivity index (χ4n) is 3.11. The van der Waals surface area contributed by atoms with Gasteiger partial charge in [-0.1, -0.05) is 11.6 Å². The molecule has 1 N–H and O–H groups in total. The highest BCUT2D eigenvalue weighted by atomic mass is 35.5. The highest BCUT2D eigenvalue weighted by Crippen LogP contribution is 2.24. The van der Waals surface area contributed by atoms with Gasteiger partial charge in [-0.15, -0.1) is 0 Å². The Hall–Kier alpha value is -2.24.